The van der Waals surface area contributed by atoms with Gasteiger partial charge in [-0.05, 0) is 25.5 Å². The van der Waals surface area contributed by atoms with Gasteiger partial charge in [0.05, 0.1) is 13.5 Å². The lowest BCUT2D eigenvalue weighted by Gasteiger charge is -2.21. The maximum Gasteiger partial charge on any atom is 0.307 e. The number of methoxy groups -OCH3 is 1. The van der Waals surface area contributed by atoms with Gasteiger partial charge in [-0.3, -0.25) is 9.59 Å². The van der Waals surface area contributed by atoms with Crippen LogP contribution in [0, 0.1) is 6.92 Å². The van der Waals surface area contributed by atoms with Gasteiger partial charge in [-0.15, -0.1) is 0 Å². The van der Waals surface area contributed by atoms with Crippen molar-refractivity contribution in [3.05, 3.63) is 29.8 Å². The van der Waals surface area contributed by atoms with Crippen LogP contribution in [0.25, 0.3) is 0 Å². The molecule has 1 aromatic carbocycles. The molecule has 0 radical (unpaired) electrons. The summed E-state index contributed by atoms with van der Waals surface area (Å²) in [5, 5.41) is 0. The number of ether oxygens (including phenoxy) is 2. The van der Waals surface area contributed by atoms with Crippen LogP contribution >= 0.6 is 0 Å². The van der Waals surface area contributed by atoms with Crippen molar-refractivity contribution >= 4 is 11.9 Å². The van der Waals surface area contributed by atoms with Crippen molar-refractivity contribution in [2.45, 2.75) is 26.7 Å². The van der Waals surface area contributed by atoms with Crippen molar-refractivity contribution in [1.29, 1.82) is 0 Å². The van der Waals surface area contributed by atoms with Gasteiger partial charge in [0.1, 0.15) is 5.75 Å². The molecule has 0 saturated heterocycles. The van der Waals surface area contributed by atoms with Crippen LogP contribution in [-0.2, 0) is 14.3 Å². The second-order valence-corrected chi connectivity index (χ2v) is 4.81. The second-order valence-electron chi connectivity index (χ2n) is 4.81. The molecule has 1 aromatic rings. The molecule has 0 heterocycles. The van der Waals surface area contributed by atoms with Crippen LogP contribution in [0.2, 0.25) is 0 Å². The predicted molar refractivity (Wildman–Crippen MR) is 80.2 cm³/mol. The molecular formula is C16H23NO4. The van der Waals surface area contributed by atoms with E-state index in [1.807, 2.05) is 38.1 Å². The molecule has 5 nitrogen and oxygen atoms in total. The molecule has 0 fully saturated rings. The van der Waals surface area contributed by atoms with Crippen molar-refractivity contribution in [1.82, 2.24) is 4.90 Å². The molecule has 0 aliphatic rings. The molecule has 0 bridgehead atoms. The fourth-order valence-electron chi connectivity index (χ4n) is 1.83. The molecule has 1 amide bonds. The summed E-state index contributed by atoms with van der Waals surface area (Å²) in [6.45, 7) is 4.91. The summed E-state index contributed by atoms with van der Waals surface area (Å²) in [6.07, 6.45) is 1.03. The first-order valence-corrected chi connectivity index (χ1v) is 7.11. The number of carbonyl (C=O) groups is 2. The van der Waals surface area contributed by atoms with Crippen LogP contribution in [0.1, 0.15) is 25.3 Å². The largest absolute Gasteiger partial charge is 0.484 e. The zero-order valence-electron chi connectivity index (χ0n) is 12.9. The number of hydrogen-bond donors (Lipinski definition) is 0. The molecule has 0 aromatic heterocycles. The van der Waals surface area contributed by atoms with Gasteiger partial charge >= 0.3 is 5.97 Å². The number of esters is 1. The monoisotopic (exact) mass is 293 g/mol. The molecular weight excluding hydrogens is 270 g/mol. The maximum atomic E-state index is 12.1. The first kappa shape index (κ1) is 17.0. The Morgan fingerprint density at radius 1 is 1.14 bits per heavy atom. The van der Waals surface area contributed by atoms with E-state index in [0.29, 0.717) is 18.8 Å². The average molecular weight is 293 g/mol. The topological polar surface area (TPSA) is 55.8 Å². The second kappa shape index (κ2) is 9.00. The Labute approximate surface area is 125 Å². The minimum atomic E-state index is -0.316. The summed E-state index contributed by atoms with van der Waals surface area (Å²) >= 11 is 0. The van der Waals surface area contributed by atoms with Gasteiger partial charge in [-0.1, -0.05) is 24.6 Å². The summed E-state index contributed by atoms with van der Waals surface area (Å²) in [5.41, 5.74) is 1.14. The highest BCUT2D eigenvalue weighted by Crippen LogP contribution is 2.11. The van der Waals surface area contributed by atoms with E-state index in [9.17, 15) is 9.59 Å². The summed E-state index contributed by atoms with van der Waals surface area (Å²) in [7, 11) is 1.34. The van der Waals surface area contributed by atoms with Crippen LogP contribution in [-0.4, -0.2) is 43.6 Å². The summed E-state index contributed by atoms with van der Waals surface area (Å²) < 4.78 is 10.1. The van der Waals surface area contributed by atoms with Crippen LogP contribution in [0.4, 0.5) is 0 Å². The molecule has 0 spiro atoms. The fourth-order valence-corrected chi connectivity index (χ4v) is 1.83. The number of benzene rings is 1. The maximum absolute atomic E-state index is 12.1. The number of carbonyl (C=O) groups excluding carboxylic acids is 2. The normalized spacial score (nSPS) is 10.0. The van der Waals surface area contributed by atoms with Gasteiger partial charge < -0.3 is 14.4 Å². The van der Waals surface area contributed by atoms with Crippen molar-refractivity contribution in [2.24, 2.45) is 0 Å². The van der Waals surface area contributed by atoms with Gasteiger partial charge in [0.15, 0.2) is 6.61 Å². The minimum absolute atomic E-state index is 0.0236. The molecule has 5 heteroatoms. The van der Waals surface area contributed by atoms with Crippen LogP contribution in [0.5, 0.6) is 5.75 Å². The first-order chi connectivity index (χ1) is 10.1. The standard InChI is InChI=1S/C16H23NO4/c1-4-10-17(11-9-16(19)20-3)15(18)12-21-14-7-5-13(2)6-8-14/h5-8H,4,9-12H2,1-3H3. The van der Waals surface area contributed by atoms with Crippen molar-refractivity contribution in [2.75, 3.05) is 26.8 Å². The summed E-state index contributed by atoms with van der Waals surface area (Å²) in [6, 6.07) is 7.53. The Hall–Kier alpha value is -2.04. The lowest BCUT2D eigenvalue weighted by Crippen LogP contribution is -2.37. The lowest BCUT2D eigenvalue weighted by atomic mass is 10.2. The third-order valence-corrected chi connectivity index (χ3v) is 3.04. The molecule has 1 rings (SSSR count). The third-order valence-electron chi connectivity index (χ3n) is 3.04. The zero-order chi connectivity index (χ0) is 15.7. The molecule has 0 N–H and O–H groups in total. The number of hydrogen-bond acceptors (Lipinski definition) is 4. The number of rotatable bonds is 8. The van der Waals surface area contributed by atoms with E-state index >= 15 is 0 Å². The van der Waals surface area contributed by atoms with E-state index in [2.05, 4.69) is 4.74 Å². The van der Waals surface area contributed by atoms with Gasteiger partial charge in [0, 0.05) is 13.1 Å². The van der Waals surface area contributed by atoms with E-state index < -0.39 is 0 Å². The van der Waals surface area contributed by atoms with Crippen molar-refractivity contribution in [3.63, 3.8) is 0 Å². The molecule has 0 saturated carbocycles. The van der Waals surface area contributed by atoms with E-state index in [0.717, 1.165) is 12.0 Å². The number of amides is 1. The van der Waals surface area contributed by atoms with Crippen LogP contribution < -0.4 is 4.74 Å². The number of nitrogens with zero attached hydrogens (tertiary/aromatic N) is 1. The molecule has 21 heavy (non-hydrogen) atoms. The van der Waals surface area contributed by atoms with Crippen LogP contribution in [0.15, 0.2) is 24.3 Å². The van der Waals surface area contributed by atoms with Crippen molar-refractivity contribution in [3.8, 4) is 5.75 Å². The number of aryl methyl sites for hydroxylation is 1. The van der Waals surface area contributed by atoms with E-state index in [1.165, 1.54) is 7.11 Å². The Morgan fingerprint density at radius 3 is 2.38 bits per heavy atom. The lowest BCUT2D eigenvalue weighted by molar-refractivity contribution is -0.142. The van der Waals surface area contributed by atoms with E-state index in [4.69, 9.17) is 4.74 Å². The Morgan fingerprint density at radius 2 is 1.81 bits per heavy atom. The summed E-state index contributed by atoms with van der Waals surface area (Å²) in [5.74, 6) is 0.225. The fraction of sp³-hybridized carbons (Fsp3) is 0.500. The molecule has 0 atom stereocenters. The average Bonchev–Trinajstić information content (AvgIpc) is 2.50. The Kier molecular flexibility index (Phi) is 7.29. The molecule has 116 valence electrons. The van der Waals surface area contributed by atoms with Gasteiger partial charge in [-0.2, -0.15) is 0 Å². The highest BCUT2D eigenvalue weighted by Gasteiger charge is 2.15. The zero-order valence-corrected chi connectivity index (χ0v) is 12.9. The van der Waals surface area contributed by atoms with Crippen molar-refractivity contribution < 1.29 is 19.1 Å². The van der Waals surface area contributed by atoms with E-state index in [1.54, 1.807) is 4.90 Å². The van der Waals surface area contributed by atoms with Crippen LogP contribution in [0.3, 0.4) is 0 Å². The highest BCUT2D eigenvalue weighted by molar-refractivity contribution is 5.78. The SMILES string of the molecule is CCCN(CCC(=O)OC)C(=O)COc1ccc(C)cc1. The predicted octanol–water partition coefficient (Wildman–Crippen LogP) is 2.18. The summed E-state index contributed by atoms with van der Waals surface area (Å²) in [4.78, 5) is 24.9. The van der Waals surface area contributed by atoms with Gasteiger partial charge in [-0.25, -0.2) is 0 Å². The highest BCUT2D eigenvalue weighted by atomic mass is 16.5. The van der Waals surface area contributed by atoms with E-state index in [-0.39, 0.29) is 24.9 Å². The first-order valence-electron chi connectivity index (χ1n) is 7.11. The quantitative estimate of drug-likeness (QED) is 0.689. The minimum Gasteiger partial charge on any atom is -0.484 e. The molecule has 0 aliphatic heterocycles. The molecule has 0 aliphatic carbocycles. The van der Waals surface area contributed by atoms with Gasteiger partial charge in [0.2, 0.25) is 0 Å². The Bertz CT molecular complexity index is 456. The molecule has 0 unspecified atom stereocenters. The Balaban J connectivity index is 2.48. The smallest absolute Gasteiger partial charge is 0.307 e. The third kappa shape index (κ3) is 6.29. The van der Waals surface area contributed by atoms with Gasteiger partial charge in [0.25, 0.3) is 5.91 Å².